The third-order valence-corrected chi connectivity index (χ3v) is 5.66. The molecule has 1 aromatic heterocycles. The Kier molecular flexibility index (Phi) is 7.68. The average Bonchev–Trinajstić information content (AvgIpc) is 3.02. The van der Waals surface area contributed by atoms with E-state index in [2.05, 4.69) is 11.1 Å². The van der Waals surface area contributed by atoms with Crippen LogP contribution in [-0.4, -0.2) is 43.0 Å². The highest BCUT2D eigenvalue weighted by Crippen LogP contribution is 2.33. The first-order chi connectivity index (χ1) is 13.3. The summed E-state index contributed by atoms with van der Waals surface area (Å²) in [6.45, 7) is 5.18. The van der Waals surface area contributed by atoms with Crippen LogP contribution in [0.5, 0.6) is 0 Å². The maximum Gasteiger partial charge on any atom is 0.263 e. The molecule has 0 N–H and O–H groups in total. The fourth-order valence-corrected chi connectivity index (χ4v) is 4.16. The molecule has 0 radical (unpaired) electrons. The van der Waals surface area contributed by atoms with Gasteiger partial charge in [0.1, 0.15) is 11.6 Å². The zero-order chi connectivity index (χ0) is 20.4. The van der Waals surface area contributed by atoms with E-state index < -0.39 is 17.5 Å². The zero-order valence-corrected chi connectivity index (χ0v) is 18.5. The molecule has 1 amide bonds. The van der Waals surface area contributed by atoms with Gasteiger partial charge in [-0.3, -0.25) is 9.69 Å². The zero-order valence-electron chi connectivity index (χ0n) is 16.8. The molecule has 156 valence electrons. The van der Waals surface area contributed by atoms with Crippen molar-refractivity contribution in [1.29, 1.82) is 0 Å². The second-order valence-electron chi connectivity index (χ2n) is 7.16. The maximum absolute atomic E-state index is 14.2. The van der Waals surface area contributed by atoms with Gasteiger partial charge in [0.15, 0.2) is 5.13 Å². The van der Waals surface area contributed by atoms with E-state index in [1.54, 1.807) is 0 Å². The highest BCUT2D eigenvalue weighted by atomic mass is 35.5. The van der Waals surface area contributed by atoms with Gasteiger partial charge < -0.3 is 4.90 Å². The normalized spacial score (nSPS) is 11.0. The van der Waals surface area contributed by atoms with Crippen molar-refractivity contribution in [3.63, 3.8) is 0 Å². The number of rotatable bonds is 6. The molecule has 0 unspecified atom stereocenters. The van der Waals surface area contributed by atoms with Crippen molar-refractivity contribution in [3.05, 3.63) is 58.7 Å². The quantitative estimate of drug-likeness (QED) is 0.529. The third kappa shape index (κ3) is 5.29. The van der Waals surface area contributed by atoms with Crippen LogP contribution >= 0.6 is 23.7 Å². The Morgan fingerprint density at radius 3 is 2.48 bits per heavy atom. The summed E-state index contributed by atoms with van der Waals surface area (Å²) >= 11 is 1.42. The number of anilines is 1. The van der Waals surface area contributed by atoms with Crippen molar-refractivity contribution in [3.8, 4) is 0 Å². The highest BCUT2D eigenvalue weighted by molar-refractivity contribution is 7.22. The monoisotopic (exact) mass is 439 g/mol. The van der Waals surface area contributed by atoms with Crippen molar-refractivity contribution in [1.82, 2.24) is 9.88 Å². The maximum atomic E-state index is 14.2. The first kappa shape index (κ1) is 23.2. The largest absolute Gasteiger partial charge is 0.309 e. The topological polar surface area (TPSA) is 36.4 Å². The summed E-state index contributed by atoms with van der Waals surface area (Å²) in [6.07, 6.45) is 0.704. The van der Waals surface area contributed by atoms with Crippen LogP contribution in [0.4, 0.5) is 13.9 Å². The third-order valence-electron chi connectivity index (χ3n) is 4.43. The number of carbonyl (C=O) groups is 1. The van der Waals surface area contributed by atoms with E-state index >= 15 is 0 Å². The summed E-state index contributed by atoms with van der Waals surface area (Å²) in [6, 6.07) is 7.07. The molecule has 4 nitrogen and oxygen atoms in total. The molecule has 0 atom stereocenters. The molecular weight excluding hydrogens is 416 g/mol. The van der Waals surface area contributed by atoms with Gasteiger partial charge in [0.25, 0.3) is 5.91 Å². The molecule has 0 spiro atoms. The molecule has 29 heavy (non-hydrogen) atoms. The van der Waals surface area contributed by atoms with E-state index in [1.165, 1.54) is 22.3 Å². The predicted molar refractivity (Wildman–Crippen MR) is 118 cm³/mol. The molecule has 1 heterocycles. The number of amides is 1. The molecular formula is C21H24ClF2N3OS. The van der Waals surface area contributed by atoms with Crippen molar-refractivity contribution >= 4 is 45.0 Å². The van der Waals surface area contributed by atoms with Crippen molar-refractivity contribution in [2.75, 3.05) is 32.1 Å². The number of nitrogens with zero attached hydrogens (tertiary/aromatic N) is 3. The highest BCUT2D eigenvalue weighted by Gasteiger charge is 2.24. The molecule has 0 bridgehead atoms. The van der Waals surface area contributed by atoms with Crippen LogP contribution in [0.3, 0.4) is 0 Å². The summed E-state index contributed by atoms with van der Waals surface area (Å²) in [5, 5.41) is 0.524. The van der Waals surface area contributed by atoms with Crippen molar-refractivity contribution < 1.29 is 13.6 Å². The number of halogens is 3. The summed E-state index contributed by atoms with van der Waals surface area (Å²) in [5.41, 5.74) is 2.85. The summed E-state index contributed by atoms with van der Waals surface area (Å²) in [7, 11) is 3.91. The number of hydrogen-bond donors (Lipinski definition) is 0. The molecule has 0 saturated heterocycles. The van der Waals surface area contributed by atoms with E-state index in [0.717, 1.165) is 40.0 Å². The number of fused-ring (bicyclic) bond motifs is 1. The van der Waals surface area contributed by atoms with Crippen LogP contribution < -0.4 is 4.90 Å². The molecule has 0 aliphatic heterocycles. The van der Waals surface area contributed by atoms with E-state index in [4.69, 9.17) is 0 Å². The lowest BCUT2D eigenvalue weighted by atomic mass is 10.1. The van der Waals surface area contributed by atoms with Crippen molar-refractivity contribution in [2.45, 2.75) is 20.3 Å². The molecule has 0 saturated carbocycles. The molecule has 3 aromatic rings. The van der Waals surface area contributed by atoms with E-state index in [0.29, 0.717) is 18.1 Å². The second-order valence-corrected chi connectivity index (χ2v) is 8.14. The standard InChI is InChI=1S/C21H23F2N3OS.ClH/c1-13-10-14(2)19-18(11-13)24-21(28-19)26(9-5-8-25(3)4)20(27)16-7-6-15(22)12-17(16)23;/h6-7,10-12H,5,8-9H2,1-4H3;1H. The Hall–Kier alpha value is -2.09. The van der Waals surface area contributed by atoms with Gasteiger partial charge in [-0.05, 0) is 70.2 Å². The SMILES string of the molecule is Cc1cc(C)c2sc(N(CCCN(C)C)C(=O)c3ccc(F)cc3F)nc2c1.Cl. The lowest BCUT2D eigenvalue weighted by Gasteiger charge is -2.21. The van der Waals surface area contributed by atoms with E-state index in [-0.39, 0.29) is 18.0 Å². The van der Waals surface area contributed by atoms with Gasteiger partial charge in [-0.15, -0.1) is 12.4 Å². The van der Waals surface area contributed by atoms with E-state index in [9.17, 15) is 13.6 Å². The molecule has 0 fully saturated rings. The summed E-state index contributed by atoms with van der Waals surface area (Å²) in [5.74, 6) is -2.08. The summed E-state index contributed by atoms with van der Waals surface area (Å²) in [4.78, 5) is 21.3. The van der Waals surface area contributed by atoms with Gasteiger partial charge in [-0.25, -0.2) is 13.8 Å². The number of thiazole rings is 1. The second kappa shape index (κ2) is 9.61. The molecule has 8 heteroatoms. The Morgan fingerprint density at radius 1 is 1.10 bits per heavy atom. The Morgan fingerprint density at radius 2 is 1.83 bits per heavy atom. The smallest absolute Gasteiger partial charge is 0.263 e. The van der Waals surface area contributed by atoms with Crippen molar-refractivity contribution in [2.24, 2.45) is 0 Å². The lowest BCUT2D eigenvalue weighted by molar-refractivity contribution is 0.0982. The van der Waals surface area contributed by atoms with Gasteiger partial charge >= 0.3 is 0 Å². The minimum atomic E-state index is -0.865. The lowest BCUT2D eigenvalue weighted by Crippen LogP contribution is -2.34. The number of benzene rings is 2. The number of aryl methyl sites for hydroxylation is 2. The molecule has 2 aromatic carbocycles. The van der Waals surface area contributed by atoms with Gasteiger partial charge in [0.2, 0.25) is 0 Å². The van der Waals surface area contributed by atoms with Crippen LogP contribution in [0.1, 0.15) is 27.9 Å². The Balaban J connectivity index is 0.00000300. The van der Waals surface area contributed by atoms with Crippen LogP contribution in [0.25, 0.3) is 10.2 Å². The van der Waals surface area contributed by atoms with E-state index in [1.807, 2.05) is 38.9 Å². The van der Waals surface area contributed by atoms with Crippen LogP contribution in [0.2, 0.25) is 0 Å². The van der Waals surface area contributed by atoms with Gasteiger partial charge in [0, 0.05) is 12.6 Å². The summed E-state index contributed by atoms with van der Waals surface area (Å²) < 4.78 is 28.5. The van der Waals surface area contributed by atoms with Crippen LogP contribution in [0, 0.1) is 25.5 Å². The van der Waals surface area contributed by atoms with Crippen LogP contribution in [0.15, 0.2) is 30.3 Å². The first-order valence-electron chi connectivity index (χ1n) is 9.05. The predicted octanol–water partition coefficient (Wildman–Crippen LogP) is 5.21. The number of aromatic nitrogens is 1. The fourth-order valence-electron chi connectivity index (χ4n) is 3.12. The fraction of sp³-hybridized carbons (Fsp3) is 0.333. The Bertz CT molecular complexity index is 1020. The van der Waals surface area contributed by atoms with Gasteiger partial charge in [-0.2, -0.15) is 0 Å². The van der Waals surface area contributed by atoms with Crippen LogP contribution in [-0.2, 0) is 0 Å². The molecule has 0 aliphatic rings. The molecule has 0 aliphatic carbocycles. The first-order valence-corrected chi connectivity index (χ1v) is 9.87. The van der Waals surface area contributed by atoms with Gasteiger partial charge in [-0.1, -0.05) is 17.4 Å². The Labute approximate surface area is 179 Å². The number of hydrogen-bond acceptors (Lipinski definition) is 4. The molecule has 3 rings (SSSR count). The van der Waals surface area contributed by atoms with Gasteiger partial charge in [0.05, 0.1) is 15.8 Å². The number of carbonyl (C=O) groups excluding carboxylic acids is 1. The minimum Gasteiger partial charge on any atom is -0.309 e. The minimum absolute atomic E-state index is 0. The average molecular weight is 440 g/mol.